The summed E-state index contributed by atoms with van der Waals surface area (Å²) in [7, 11) is 0. The number of aromatic nitrogens is 3. The molecule has 1 amide bonds. The van der Waals surface area contributed by atoms with E-state index in [1.54, 1.807) is 4.57 Å². The molecule has 0 fully saturated rings. The zero-order valence-corrected chi connectivity index (χ0v) is 19.6. The van der Waals surface area contributed by atoms with Crippen molar-refractivity contribution in [2.24, 2.45) is 5.92 Å². The van der Waals surface area contributed by atoms with E-state index in [1.807, 2.05) is 31.2 Å². The predicted octanol–water partition coefficient (Wildman–Crippen LogP) is 5.77. The Bertz CT molecular complexity index is 1070. The molecule has 0 aliphatic rings. The summed E-state index contributed by atoms with van der Waals surface area (Å²) < 4.78 is 2.19. The van der Waals surface area contributed by atoms with Gasteiger partial charge < -0.3 is 5.32 Å². The Hall–Kier alpha value is -2.73. The first-order chi connectivity index (χ1) is 14.9. The van der Waals surface area contributed by atoms with E-state index < -0.39 is 0 Å². The van der Waals surface area contributed by atoms with Gasteiger partial charge in [-0.1, -0.05) is 75.2 Å². The second-order valence-corrected chi connectivity index (χ2v) is 8.83. The van der Waals surface area contributed by atoms with Crippen molar-refractivity contribution >= 4 is 18.1 Å². The highest BCUT2D eigenvalue weighted by Gasteiger charge is 2.20. The number of aromatic amines is 1. The van der Waals surface area contributed by atoms with E-state index in [2.05, 4.69) is 60.6 Å². The van der Waals surface area contributed by atoms with Crippen LogP contribution in [0.1, 0.15) is 56.3 Å². The molecule has 0 aliphatic heterocycles. The number of nitrogens with one attached hydrogen (secondary N) is 2. The number of hydrogen-bond donors (Lipinski definition) is 2. The monoisotopic (exact) mass is 436 g/mol. The number of aryl methyl sites for hydroxylation is 2. The number of H-pyrrole nitrogens is 1. The molecule has 2 N–H and O–H groups in total. The molecule has 3 rings (SSSR count). The lowest BCUT2D eigenvalue weighted by Gasteiger charge is -2.23. The first kappa shape index (κ1) is 22.9. The molecule has 0 saturated carbocycles. The maximum absolute atomic E-state index is 13.0. The van der Waals surface area contributed by atoms with E-state index >= 15 is 0 Å². The molecule has 1 heterocycles. The largest absolute Gasteiger partial charge is 0.347 e. The zero-order chi connectivity index (χ0) is 22.4. The second kappa shape index (κ2) is 10.5. The van der Waals surface area contributed by atoms with Crippen molar-refractivity contribution in [3.8, 4) is 11.4 Å². The van der Waals surface area contributed by atoms with Crippen LogP contribution < -0.4 is 5.32 Å². The van der Waals surface area contributed by atoms with Gasteiger partial charge in [-0.3, -0.25) is 14.5 Å². The van der Waals surface area contributed by atoms with Crippen molar-refractivity contribution in [1.29, 1.82) is 0 Å². The Morgan fingerprint density at radius 3 is 2.58 bits per heavy atom. The van der Waals surface area contributed by atoms with Crippen LogP contribution in [0.3, 0.4) is 0 Å². The highest BCUT2D eigenvalue weighted by atomic mass is 32.1. The summed E-state index contributed by atoms with van der Waals surface area (Å²) >= 11 is 5.40. The Morgan fingerprint density at radius 2 is 1.94 bits per heavy atom. The van der Waals surface area contributed by atoms with Crippen molar-refractivity contribution < 1.29 is 4.79 Å². The molecule has 0 bridgehead atoms. The average molecular weight is 437 g/mol. The van der Waals surface area contributed by atoms with E-state index in [4.69, 9.17) is 12.2 Å². The van der Waals surface area contributed by atoms with Gasteiger partial charge in [0.15, 0.2) is 10.6 Å². The summed E-state index contributed by atoms with van der Waals surface area (Å²) in [5.74, 6) is 0.851. The summed E-state index contributed by atoms with van der Waals surface area (Å²) in [4.78, 5) is 13.0. The van der Waals surface area contributed by atoms with Crippen molar-refractivity contribution in [2.75, 3.05) is 0 Å². The lowest BCUT2D eigenvalue weighted by molar-refractivity contribution is -0.122. The summed E-state index contributed by atoms with van der Waals surface area (Å²) in [6.07, 6.45) is 3.47. The van der Waals surface area contributed by atoms with Crippen LogP contribution in [0.4, 0.5) is 0 Å². The zero-order valence-electron chi connectivity index (χ0n) is 18.8. The number of carbonyl (C=O) groups is 1. The molecule has 0 spiro atoms. The predicted molar refractivity (Wildman–Crippen MR) is 128 cm³/mol. The number of unbranched alkanes of at least 4 members (excludes halogenated alkanes) is 1. The third-order valence-electron chi connectivity index (χ3n) is 5.48. The number of hydrogen-bond acceptors (Lipinski definition) is 3. The van der Waals surface area contributed by atoms with Gasteiger partial charge in [0.05, 0.1) is 6.04 Å². The molecule has 2 aromatic carbocycles. The molecule has 31 heavy (non-hydrogen) atoms. The highest BCUT2D eigenvalue weighted by Crippen LogP contribution is 2.23. The van der Waals surface area contributed by atoms with Crippen LogP contribution in [0.2, 0.25) is 0 Å². The second-order valence-electron chi connectivity index (χ2n) is 8.44. The highest BCUT2D eigenvalue weighted by molar-refractivity contribution is 7.71. The summed E-state index contributed by atoms with van der Waals surface area (Å²) in [5.41, 5.74) is 4.53. The quantitative estimate of drug-likeness (QED) is 0.418. The number of carbonyl (C=O) groups excluding carboxylic acids is 1. The fourth-order valence-corrected chi connectivity index (χ4v) is 3.94. The van der Waals surface area contributed by atoms with Crippen LogP contribution >= 0.6 is 12.2 Å². The first-order valence-corrected chi connectivity index (χ1v) is 11.4. The molecule has 0 saturated heterocycles. The molecular weight excluding hydrogens is 404 g/mol. The van der Waals surface area contributed by atoms with Crippen LogP contribution in [-0.4, -0.2) is 20.7 Å². The van der Waals surface area contributed by atoms with E-state index in [0.29, 0.717) is 10.6 Å². The summed E-state index contributed by atoms with van der Waals surface area (Å²) in [6.45, 7) is 8.60. The normalized spacial score (nSPS) is 12.2. The van der Waals surface area contributed by atoms with Crippen molar-refractivity contribution in [2.45, 2.75) is 59.5 Å². The summed E-state index contributed by atoms with van der Waals surface area (Å²) in [5, 5.41) is 10.4. The molecule has 1 atom stereocenters. The van der Waals surface area contributed by atoms with E-state index in [0.717, 1.165) is 23.1 Å². The molecule has 0 aliphatic carbocycles. The molecule has 1 unspecified atom stereocenters. The molecule has 3 aromatic rings. The number of nitrogens with zero attached hydrogens (tertiary/aromatic N) is 2. The summed E-state index contributed by atoms with van der Waals surface area (Å²) in [6, 6.07) is 16.6. The SMILES string of the molecule is CCCCc1ccc(C(NC(=O)Cn2c(-c3cccc(C)c3)n[nH]c2=S)C(C)C)cc1. The van der Waals surface area contributed by atoms with E-state index in [-0.39, 0.29) is 24.4 Å². The molecule has 6 heteroatoms. The van der Waals surface area contributed by atoms with Crippen LogP contribution in [0.5, 0.6) is 0 Å². The fourth-order valence-electron chi connectivity index (χ4n) is 3.74. The Labute approximate surface area is 189 Å². The van der Waals surface area contributed by atoms with Gasteiger partial charge in [0.2, 0.25) is 5.91 Å². The molecule has 1 aromatic heterocycles. The van der Waals surface area contributed by atoms with Gasteiger partial charge in [0, 0.05) is 5.56 Å². The minimum Gasteiger partial charge on any atom is -0.347 e. The third kappa shape index (κ3) is 5.91. The van der Waals surface area contributed by atoms with Gasteiger partial charge in [-0.05, 0) is 55.1 Å². The van der Waals surface area contributed by atoms with Gasteiger partial charge in [0.25, 0.3) is 0 Å². The van der Waals surface area contributed by atoms with Crippen molar-refractivity contribution in [1.82, 2.24) is 20.1 Å². The molecule has 164 valence electrons. The maximum Gasteiger partial charge on any atom is 0.240 e. The van der Waals surface area contributed by atoms with Crippen LogP contribution in [0.25, 0.3) is 11.4 Å². The standard InChI is InChI=1S/C25H32N4OS/c1-5-6-9-19-11-13-20(14-12-19)23(17(2)3)26-22(30)16-29-24(27-28-25(29)31)21-10-7-8-18(4)15-21/h7-8,10-15,17,23H,5-6,9,16H2,1-4H3,(H,26,30)(H,28,31). The molecule has 0 radical (unpaired) electrons. The Balaban J connectivity index is 1.76. The van der Waals surface area contributed by atoms with Gasteiger partial charge in [-0.25, -0.2) is 0 Å². The number of rotatable bonds is 9. The molecule has 5 nitrogen and oxygen atoms in total. The van der Waals surface area contributed by atoms with Gasteiger partial charge >= 0.3 is 0 Å². The average Bonchev–Trinajstić information content (AvgIpc) is 3.11. The van der Waals surface area contributed by atoms with Crippen LogP contribution in [-0.2, 0) is 17.8 Å². The first-order valence-electron chi connectivity index (χ1n) is 11.0. The van der Waals surface area contributed by atoms with Crippen LogP contribution in [0, 0.1) is 17.6 Å². The molecular formula is C25H32N4OS. The Kier molecular flexibility index (Phi) is 7.80. The van der Waals surface area contributed by atoms with Crippen LogP contribution in [0.15, 0.2) is 48.5 Å². The van der Waals surface area contributed by atoms with Crippen molar-refractivity contribution in [3.05, 3.63) is 70.0 Å². The number of amides is 1. The minimum absolute atomic E-state index is 0.0591. The van der Waals surface area contributed by atoms with E-state index in [9.17, 15) is 4.79 Å². The Morgan fingerprint density at radius 1 is 1.19 bits per heavy atom. The smallest absolute Gasteiger partial charge is 0.240 e. The lowest BCUT2D eigenvalue weighted by Crippen LogP contribution is -2.34. The fraction of sp³-hybridized carbons (Fsp3) is 0.400. The minimum atomic E-state index is -0.0832. The maximum atomic E-state index is 13.0. The third-order valence-corrected chi connectivity index (χ3v) is 5.79. The van der Waals surface area contributed by atoms with Gasteiger partial charge in [-0.15, -0.1) is 0 Å². The van der Waals surface area contributed by atoms with Gasteiger partial charge in [-0.2, -0.15) is 5.10 Å². The number of benzene rings is 2. The topological polar surface area (TPSA) is 62.7 Å². The lowest BCUT2D eigenvalue weighted by atomic mass is 9.94. The van der Waals surface area contributed by atoms with Crippen molar-refractivity contribution in [3.63, 3.8) is 0 Å². The van der Waals surface area contributed by atoms with E-state index in [1.165, 1.54) is 18.4 Å². The van der Waals surface area contributed by atoms with Gasteiger partial charge in [0.1, 0.15) is 6.54 Å².